The van der Waals surface area contributed by atoms with E-state index in [-0.39, 0.29) is 18.4 Å². The van der Waals surface area contributed by atoms with Crippen LogP contribution in [0.5, 0.6) is 0 Å². The maximum absolute atomic E-state index is 11.8. The first kappa shape index (κ1) is 20.6. The zero-order chi connectivity index (χ0) is 17.9. The van der Waals surface area contributed by atoms with Crippen LogP contribution in [0.15, 0.2) is 12.1 Å². The first-order valence-corrected chi connectivity index (χ1v) is 9.31. The summed E-state index contributed by atoms with van der Waals surface area (Å²) in [6.45, 7) is 5.24. The molecule has 1 atom stereocenters. The molecular weight excluding hydrogens is 324 g/mol. The molecule has 1 aromatic rings. The van der Waals surface area contributed by atoms with E-state index < -0.39 is 6.04 Å². The van der Waals surface area contributed by atoms with Crippen LogP contribution in [-0.2, 0) is 22.4 Å². The summed E-state index contributed by atoms with van der Waals surface area (Å²) in [7, 11) is 0. The van der Waals surface area contributed by atoms with E-state index in [9.17, 15) is 9.59 Å². The number of nitrogens with two attached hydrogens (primary N) is 2. The number of carbonyl (C=O) groups excluding carboxylic acids is 2. The van der Waals surface area contributed by atoms with E-state index >= 15 is 0 Å². The van der Waals surface area contributed by atoms with E-state index in [4.69, 9.17) is 11.5 Å². The molecule has 0 aliphatic rings. The van der Waals surface area contributed by atoms with Gasteiger partial charge < -0.3 is 22.1 Å². The molecule has 136 valence electrons. The third-order valence-electron chi connectivity index (χ3n) is 3.52. The molecule has 6 N–H and O–H groups in total. The molecule has 0 bridgehead atoms. The van der Waals surface area contributed by atoms with Crippen LogP contribution >= 0.6 is 11.3 Å². The Bertz CT molecular complexity index is 516. The number of carbonyl (C=O) groups is 2. The molecule has 0 unspecified atom stereocenters. The highest BCUT2D eigenvalue weighted by atomic mass is 32.1. The van der Waals surface area contributed by atoms with Crippen molar-refractivity contribution in [3.63, 3.8) is 0 Å². The van der Waals surface area contributed by atoms with Gasteiger partial charge in [0.15, 0.2) is 0 Å². The Morgan fingerprint density at radius 2 is 1.83 bits per heavy atom. The van der Waals surface area contributed by atoms with Crippen LogP contribution in [0, 0.1) is 5.92 Å². The number of hydrogen-bond acceptors (Lipinski definition) is 5. The molecule has 0 aliphatic carbocycles. The van der Waals surface area contributed by atoms with Crippen molar-refractivity contribution in [2.45, 2.75) is 45.6 Å². The Morgan fingerprint density at radius 1 is 1.17 bits per heavy atom. The van der Waals surface area contributed by atoms with E-state index in [1.807, 2.05) is 13.8 Å². The highest BCUT2D eigenvalue weighted by molar-refractivity contribution is 7.11. The molecule has 1 heterocycles. The van der Waals surface area contributed by atoms with Gasteiger partial charge in [0.1, 0.15) is 0 Å². The van der Waals surface area contributed by atoms with Gasteiger partial charge in [-0.25, -0.2) is 0 Å². The lowest BCUT2D eigenvalue weighted by Crippen LogP contribution is -2.45. The normalized spacial score (nSPS) is 12.2. The minimum absolute atomic E-state index is 0.0309. The highest BCUT2D eigenvalue weighted by Gasteiger charge is 2.15. The van der Waals surface area contributed by atoms with E-state index in [0.29, 0.717) is 25.4 Å². The van der Waals surface area contributed by atoms with Gasteiger partial charge in [-0.1, -0.05) is 13.8 Å². The van der Waals surface area contributed by atoms with Gasteiger partial charge in [-0.05, 0) is 50.3 Å². The van der Waals surface area contributed by atoms with Gasteiger partial charge in [-0.3, -0.25) is 9.59 Å². The Morgan fingerprint density at radius 3 is 2.46 bits per heavy atom. The number of aryl methyl sites for hydroxylation is 1. The molecule has 0 saturated carbocycles. The topological polar surface area (TPSA) is 110 Å². The van der Waals surface area contributed by atoms with Crippen LogP contribution in [0.1, 0.15) is 36.4 Å². The predicted molar refractivity (Wildman–Crippen MR) is 98.8 cm³/mol. The molecule has 6 nitrogen and oxygen atoms in total. The second kappa shape index (κ2) is 11.2. The number of rotatable bonds is 11. The van der Waals surface area contributed by atoms with Crippen LogP contribution in [0.3, 0.4) is 0 Å². The molecule has 24 heavy (non-hydrogen) atoms. The van der Waals surface area contributed by atoms with Gasteiger partial charge in [-0.15, -0.1) is 11.3 Å². The zero-order valence-electron chi connectivity index (χ0n) is 14.6. The number of hydrogen-bond donors (Lipinski definition) is 4. The van der Waals surface area contributed by atoms with Gasteiger partial charge >= 0.3 is 0 Å². The van der Waals surface area contributed by atoms with Crippen molar-refractivity contribution in [2.24, 2.45) is 17.4 Å². The minimum atomic E-state index is -0.559. The summed E-state index contributed by atoms with van der Waals surface area (Å²) in [6.07, 6.45) is 3.41. The van der Waals surface area contributed by atoms with Gasteiger partial charge in [0.2, 0.25) is 11.8 Å². The molecule has 0 saturated heterocycles. The second-order valence-electron chi connectivity index (χ2n) is 6.31. The summed E-state index contributed by atoms with van der Waals surface area (Å²) >= 11 is 1.76. The molecule has 0 spiro atoms. The summed E-state index contributed by atoms with van der Waals surface area (Å²) < 4.78 is 0. The second-order valence-corrected chi connectivity index (χ2v) is 7.57. The standard InChI is InChI=1S/C17H30N4O2S/c1-12(2)10-15(19)17(23)21-11-16(22)20-9-7-14-6-5-13(24-14)4-3-8-18/h5-6,12,15H,3-4,7-11,18-19H2,1-2H3,(H,20,22)(H,21,23)/t15-/m1/s1. The Balaban J connectivity index is 2.19. The lowest BCUT2D eigenvalue weighted by atomic mass is 10.0. The quantitative estimate of drug-likeness (QED) is 0.471. The lowest BCUT2D eigenvalue weighted by molar-refractivity contribution is -0.127. The maximum Gasteiger partial charge on any atom is 0.239 e. The van der Waals surface area contributed by atoms with Crippen molar-refractivity contribution in [1.82, 2.24) is 10.6 Å². The average molecular weight is 355 g/mol. The van der Waals surface area contributed by atoms with Crippen LogP contribution in [0.4, 0.5) is 0 Å². The molecule has 0 radical (unpaired) electrons. The predicted octanol–water partition coefficient (Wildman–Crippen LogP) is 0.788. The van der Waals surface area contributed by atoms with Gasteiger partial charge in [0.25, 0.3) is 0 Å². The summed E-state index contributed by atoms with van der Waals surface area (Å²) in [5.41, 5.74) is 11.3. The maximum atomic E-state index is 11.8. The monoisotopic (exact) mass is 354 g/mol. The van der Waals surface area contributed by atoms with Crippen LogP contribution in [-0.4, -0.2) is 37.5 Å². The van der Waals surface area contributed by atoms with Crippen molar-refractivity contribution in [3.8, 4) is 0 Å². The first-order valence-electron chi connectivity index (χ1n) is 8.50. The van der Waals surface area contributed by atoms with Crippen molar-refractivity contribution in [2.75, 3.05) is 19.6 Å². The number of thiophene rings is 1. The molecule has 0 fully saturated rings. The smallest absolute Gasteiger partial charge is 0.239 e. The largest absolute Gasteiger partial charge is 0.354 e. The SMILES string of the molecule is CC(C)C[C@@H](N)C(=O)NCC(=O)NCCc1ccc(CCCN)s1. The molecule has 2 amide bonds. The third kappa shape index (κ3) is 8.42. The number of amides is 2. The summed E-state index contributed by atoms with van der Waals surface area (Å²) in [6, 6.07) is 3.65. The average Bonchev–Trinajstić information content (AvgIpc) is 2.97. The van der Waals surface area contributed by atoms with Gasteiger partial charge in [-0.2, -0.15) is 0 Å². The highest BCUT2D eigenvalue weighted by Crippen LogP contribution is 2.18. The van der Waals surface area contributed by atoms with Crippen molar-refractivity contribution in [3.05, 3.63) is 21.9 Å². The lowest BCUT2D eigenvalue weighted by Gasteiger charge is -2.14. The fourth-order valence-corrected chi connectivity index (χ4v) is 3.33. The van der Waals surface area contributed by atoms with E-state index in [0.717, 1.165) is 19.3 Å². The van der Waals surface area contributed by atoms with E-state index in [1.54, 1.807) is 11.3 Å². The molecule has 1 aromatic heterocycles. The third-order valence-corrected chi connectivity index (χ3v) is 4.73. The summed E-state index contributed by atoms with van der Waals surface area (Å²) in [5.74, 6) is -0.123. The first-order chi connectivity index (χ1) is 11.4. The van der Waals surface area contributed by atoms with E-state index in [1.165, 1.54) is 9.75 Å². The fourth-order valence-electron chi connectivity index (χ4n) is 2.27. The summed E-state index contributed by atoms with van der Waals surface area (Å²) in [4.78, 5) is 26.1. The van der Waals surface area contributed by atoms with Gasteiger partial charge in [0.05, 0.1) is 12.6 Å². The number of nitrogens with one attached hydrogen (secondary N) is 2. The van der Waals surface area contributed by atoms with Crippen molar-refractivity contribution in [1.29, 1.82) is 0 Å². The Kier molecular flexibility index (Phi) is 9.59. The van der Waals surface area contributed by atoms with Crippen LogP contribution in [0.2, 0.25) is 0 Å². The van der Waals surface area contributed by atoms with E-state index in [2.05, 4.69) is 22.8 Å². The van der Waals surface area contributed by atoms with Crippen LogP contribution in [0.25, 0.3) is 0 Å². The molecule has 0 aromatic carbocycles. The Hall–Kier alpha value is -1.44. The summed E-state index contributed by atoms with van der Waals surface area (Å²) in [5, 5.41) is 5.39. The molecule has 7 heteroatoms. The van der Waals surface area contributed by atoms with Gasteiger partial charge in [0, 0.05) is 16.3 Å². The molecular formula is C17H30N4O2S. The minimum Gasteiger partial charge on any atom is -0.354 e. The fraction of sp³-hybridized carbons (Fsp3) is 0.647. The zero-order valence-corrected chi connectivity index (χ0v) is 15.5. The Labute approximate surface area is 148 Å². The molecule has 0 aliphatic heterocycles. The van der Waals surface area contributed by atoms with Crippen molar-refractivity contribution >= 4 is 23.2 Å². The molecule has 1 rings (SSSR count). The van der Waals surface area contributed by atoms with Crippen molar-refractivity contribution < 1.29 is 9.59 Å². The van der Waals surface area contributed by atoms with Crippen LogP contribution < -0.4 is 22.1 Å².